The predicted octanol–water partition coefficient (Wildman–Crippen LogP) is 4.80. The molecule has 2 aromatic rings. The smallest absolute Gasteiger partial charge is 0.416 e. The molecule has 3 rings (SSSR count). The highest BCUT2D eigenvalue weighted by atomic mass is 19.4. The Bertz CT molecular complexity index is 783. The molecule has 1 N–H and O–H groups in total. The average Bonchev–Trinajstić information content (AvgIpc) is 2.55. The van der Waals surface area contributed by atoms with Crippen LogP contribution in [-0.4, -0.2) is 12.1 Å². The Morgan fingerprint density at radius 3 is 2.48 bits per heavy atom. The molecule has 0 saturated carbocycles. The molecule has 1 heterocycles. The van der Waals surface area contributed by atoms with Gasteiger partial charge in [0.25, 0.3) is 0 Å². The van der Waals surface area contributed by atoms with Crippen LogP contribution in [0.2, 0.25) is 0 Å². The second kappa shape index (κ2) is 6.52. The first kappa shape index (κ1) is 17.5. The van der Waals surface area contributed by atoms with E-state index in [-0.39, 0.29) is 5.82 Å². The summed E-state index contributed by atoms with van der Waals surface area (Å²) in [6.07, 6.45) is -0.985. The first-order valence-corrected chi connectivity index (χ1v) is 7.80. The van der Waals surface area contributed by atoms with Crippen LogP contribution in [0.1, 0.15) is 23.6 Å². The minimum absolute atomic E-state index is 0.288. The summed E-state index contributed by atoms with van der Waals surface area (Å²) in [5, 5.41) is 3.22. The number of hydrogen-bond acceptors (Lipinski definition) is 2. The molecular weight excluding hydrogens is 334 g/mol. The Morgan fingerprint density at radius 2 is 1.80 bits per heavy atom. The van der Waals surface area contributed by atoms with Gasteiger partial charge in [-0.3, -0.25) is 0 Å². The third-order valence-corrected chi connectivity index (χ3v) is 4.01. The first-order chi connectivity index (χ1) is 11.8. The predicted molar refractivity (Wildman–Crippen MR) is 87.6 cm³/mol. The van der Waals surface area contributed by atoms with Gasteiger partial charge in [0, 0.05) is 18.7 Å². The summed E-state index contributed by atoms with van der Waals surface area (Å²) < 4.78 is 57.0. The average molecular weight is 351 g/mol. The molecule has 2 nitrogen and oxygen atoms in total. The fourth-order valence-electron chi connectivity index (χ4n) is 2.65. The van der Waals surface area contributed by atoms with Gasteiger partial charge in [-0.1, -0.05) is 18.2 Å². The molecule has 0 fully saturated rings. The topological polar surface area (TPSA) is 21.3 Å². The van der Waals surface area contributed by atoms with E-state index in [1.807, 2.05) is 6.92 Å². The molecule has 1 aliphatic rings. The number of ether oxygens (including phenoxy) is 1. The Kier molecular flexibility index (Phi) is 4.56. The van der Waals surface area contributed by atoms with Crippen LogP contribution < -0.4 is 10.1 Å². The van der Waals surface area contributed by atoms with Crippen molar-refractivity contribution in [2.75, 3.05) is 6.54 Å². The van der Waals surface area contributed by atoms with E-state index in [2.05, 4.69) is 5.32 Å². The minimum atomic E-state index is -4.37. The van der Waals surface area contributed by atoms with Gasteiger partial charge < -0.3 is 10.1 Å². The summed E-state index contributed by atoms with van der Waals surface area (Å²) in [6, 6.07) is 9.61. The van der Waals surface area contributed by atoms with Gasteiger partial charge in [-0.25, -0.2) is 4.39 Å². The van der Waals surface area contributed by atoms with Gasteiger partial charge in [-0.15, -0.1) is 0 Å². The third kappa shape index (κ3) is 4.20. The van der Waals surface area contributed by atoms with Gasteiger partial charge >= 0.3 is 6.18 Å². The molecule has 0 spiro atoms. The van der Waals surface area contributed by atoms with E-state index in [0.29, 0.717) is 24.4 Å². The van der Waals surface area contributed by atoms with Crippen LogP contribution in [0.25, 0.3) is 6.08 Å². The molecular formula is C19H17F4NO. The molecule has 1 atom stereocenters. The molecule has 25 heavy (non-hydrogen) atoms. The number of nitrogens with one attached hydrogen (secondary N) is 1. The van der Waals surface area contributed by atoms with E-state index in [1.165, 1.54) is 18.2 Å². The molecule has 0 amide bonds. The van der Waals surface area contributed by atoms with Gasteiger partial charge in [0.15, 0.2) is 0 Å². The lowest BCUT2D eigenvalue weighted by atomic mass is 9.98. The fourth-order valence-corrected chi connectivity index (χ4v) is 2.65. The number of fused-ring (bicyclic) bond motifs is 1. The monoisotopic (exact) mass is 351 g/mol. The fraction of sp³-hybridized carbons (Fsp3) is 0.263. The number of benzene rings is 2. The summed E-state index contributed by atoms with van der Waals surface area (Å²) in [6.45, 7) is 2.84. The van der Waals surface area contributed by atoms with Crippen LogP contribution in [0.4, 0.5) is 17.6 Å². The Hall–Kier alpha value is -2.34. The van der Waals surface area contributed by atoms with Crippen LogP contribution in [0.3, 0.4) is 0 Å². The van der Waals surface area contributed by atoms with Crippen LogP contribution in [0.5, 0.6) is 5.75 Å². The molecule has 0 saturated heterocycles. The highest BCUT2D eigenvalue weighted by Crippen LogP contribution is 2.36. The third-order valence-electron chi connectivity index (χ3n) is 4.01. The van der Waals surface area contributed by atoms with Crippen molar-refractivity contribution >= 4 is 6.08 Å². The maximum Gasteiger partial charge on any atom is 0.416 e. The van der Waals surface area contributed by atoms with E-state index in [0.717, 1.165) is 17.7 Å². The standard InChI is InChI=1S/C19H17F4NO/c1-18(12-24-11-13-2-5-16(20)6-3-13)9-8-14-10-15(19(21,22)23)4-7-17(14)25-18/h2-10,24H,11-12H2,1H3. The maximum atomic E-state index is 12.9. The van der Waals surface area contributed by atoms with Crippen LogP contribution in [-0.2, 0) is 12.7 Å². The van der Waals surface area contributed by atoms with Crippen LogP contribution in [0.15, 0.2) is 48.5 Å². The van der Waals surface area contributed by atoms with Crippen molar-refractivity contribution in [1.82, 2.24) is 5.32 Å². The van der Waals surface area contributed by atoms with E-state index < -0.39 is 17.3 Å². The van der Waals surface area contributed by atoms with Crippen LogP contribution >= 0.6 is 0 Å². The summed E-state index contributed by atoms with van der Waals surface area (Å²) in [5.74, 6) is 0.130. The Morgan fingerprint density at radius 1 is 1.08 bits per heavy atom. The molecule has 2 aromatic carbocycles. The number of halogens is 4. The van der Waals surface area contributed by atoms with Crippen molar-refractivity contribution in [3.8, 4) is 5.75 Å². The van der Waals surface area contributed by atoms with Gasteiger partial charge in [0.2, 0.25) is 0 Å². The zero-order chi connectivity index (χ0) is 18.1. The SMILES string of the molecule is CC1(CNCc2ccc(F)cc2)C=Cc2cc(C(F)(F)F)ccc2O1. The zero-order valence-corrected chi connectivity index (χ0v) is 13.5. The van der Waals surface area contributed by atoms with E-state index in [1.54, 1.807) is 24.3 Å². The van der Waals surface area contributed by atoms with Gasteiger partial charge in [-0.05, 0) is 48.9 Å². The van der Waals surface area contributed by atoms with Gasteiger partial charge in [0.05, 0.1) is 5.56 Å². The van der Waals surface area contributed by atoms with E-state index in [4.69, 9.17) is 4.74 Å². The van der Waals surface area contributed by atoms with E-state index >= 15 is 0 Å². The number of alkyl halides is 3. The maximum absolute atomic E-state index is 12.9. The minimum Gasteiger partial charge on any atom is -0.482 e. The van der Waals surface area contributed by atoms with Crippen molar-refractivity contribution in [3.63, 3.8) is 0 Å². The lowest BCUT2D eigenvalue weighted by Gasteiger charge is -2.32. The van der Waals surface area contributed by atoms with Gasteiger partial charge in [0.1, 0.15) is 17.2 Å². The van der Waals surface area contributed by atoms with Crippen molar-refractivity contribution in [3.05, 3.63) is 71.0 Å². The molecule has 1 aliphatic heterocycles. The lowest BCUT2D eigenvalue weighted by molar-refractivity contribution is -0.137. The van der Waals surface area contributed by atoms with E-state index in [9.17, 15) is 17.6 Å². The molecule has 0 aromatic heterocycles. The second-order valence-electron chi connectivity index (χ2n) is 6.23. The Labute approximate surface area is 143 Å². The van der Waals surface area contributed by atoms with Crippen molar-refractivity contribution < 1.29 is 22.3 Å². The normalized spacial score (nSPS) is 19.4. The summed E-state index contributed by atoms with van der Waals surface area (Å²) in [7, 11) is 0. The summed E-state index contributed by atoms with van der Waals surface area (Å²) >= 11 is 0. The first-order valence-electron chi connectivity index (χ1n) is 7.80. The summed E-state index contributed by atoms with van der Waals surface area (Å²) in [4.78, 5) is 0. The highest BCUT2D eigenvalue weighted by Gasteiger charge is 2.33. The molecule has 132 valence electrons. The molecule has 0 aliphatic carbocycles. The zero-order valence-electron chi connectivity index (χ0n) is 13.5. The number of rotatable bonds is 4. The largest absolute Gasteiger partial charge is 0.482 e. The Balaban J connectivity index is 1.64. The quantitative estimate of drug-likeness (QED) is 0.799. The number of hydrogen-bond donors (Lipinski definition) is 1. The molecule has 0 bridgehead atoms. The van der Waals surface area contributed by atoms with Gasteiger partial charge in [-0.2, -0.15) is 13.2 Å². The molecule has 0 radical (unpaired) electrons. The van der Waals surface area contributed by atoms with Crippen molar-refractivity contribution in [1.29, 1.82) is 0 Å². The summed E-state index contributed by atoms with van der Waals surface area (Å²) in [5.41, 5.74) is -0.0318. The highest BCUT2D eigenvalue weighted by molar-refractivity contribution is 5.62. The second-order valence-corrected chi connectivity index (χ2v) is 6.23. The van der Waals surface area contributed by atoms with Crippen molar-refractivity contribution in [2.24, 2.45) is 0 Å². The lowest BCUT2D eigenvalue weighted by Crippen LogP contribution is -2.42. The van der Waals surface area contributed by atoms with Crippen LogP contribution in [0, 0.1) is 5.82 Å². The van der Waals surface area contributed by atoms with Crippen molar-refractivity contribution in [2.45, 2.75) is 25.2 Å². The molecule has 6 heteroatoms. The molecule has 1 unspecified atom stereocenters.